The van der Waals surface area contributed by atoms with E-state index in [1.54, 1.807) is 11.3 Å². The van der Waals surface area contributed by atoms with Crippen LogP contribution in [-0.4, -0.2) is 24.9 Å². The summed E-state index contributed by atoms with van der Waals surface area (Å²) in [4.78, 5) is 2.32. The summed E-state index contributed by atoms with van der Waals surface area (Å²) >= 11 is 5.11. The SMILES string of the molecule is Cc1sc(C(CN)OCCO)cc1Br. The topological polar surface area (TPSA) is 55.5 Å². The second-order valence-corrected chi connectivity index (χ2v) is 5.01. The summed E-state index contributed by atoms with van der Waals surface area (Å²) in [5.41, 5.74) is 5.59. The van der Waals surface area contributed by atoms with E-state index in [2.05, 4.69) is 15.9 Å². The summed E-state index contributed by atoms with van der Waals surface area (Å²) in [5, 5.41) is 8.65. The van der Waals surface area contributed by atoms with Crippen molar-refractivity contribution in [2.75, 3.05) is 19.8 Å². The Balaban J connectivity index is 2.68. The molecule has 1 unspecified atom stereocenters. The van der Waals surface area contributed by atoms with Gasteiger partial charge in [-0.25, -0.2) is 0 Å². The smallest absolute Gasteiger partial charge is 0.104 e. The molecule has 1 rings (SSSR count). The fraction of sp³-hybridized carbons (Fsp3) is 0.556. The van der Waals surface area contributed by atoms with Crippen LogP contribution in [0.25, 0.3) is 0 Å². The number of ether oxygens (including phenoxy) is 1. The van der Waals surface area contributed by atoms with Crippen molar-refractivity contribution in [2.45, 2.75) is 13.0 Å². The summed E-state index contributed by atoms with van der Waals surface area (Å²) in [6.45, 7) is 2.84. The van der Waals surface area contributed by atoms with Crippen LogP contribution in [0.1, 0.15) is 15.9 Å². The van der Waals surface area contributed by atoms with Crippen LogP contribution in [0.4, 0.5) is 0 Å². The number of hydrogen-bond donors (Lipinski definition) is 2. The predicted octanol–water partition coefficient (Wildman–Crippen LogP) is 1.83. The summed E-state index contributed by atoms with van der Waals surface area (Å²) in [7, 11) is 0. The highest BCUT2D eigenvalue weighted by Gasteiger charge is 2.13. The number of halogens is 1. The second kappa shape index (κ2) is 5.82. The highest BCUT2D eigenvalue weighted by atomic mass is 79.9. The molecule has 3 nitrogen and oxygen atoms in total. The first-order valence-corrected chi connectivity index (χ1v) is 5.98. The van der Waals surface area contributed by atoms with Crippen molar-refractivity contribution in [2.24, 2.45) is 5.73 Å². The fourth-order valence-electron chi connectivity index (χ4n) is 1.10. The number of hydrogen-bond acceptors (Lipinski definition) is 4. The lowest BCUT2D eigenvalue weighted by Crippen LogP contribution is -2.16. The van der Waals surface area contributed by atoms with Crippen molar-refractivity contribution in [3.63, 3.8) is 0 Å². The van der Waals surface area contributed by atoms with Crippen molar-refractivity contribution in [3.05, 3.63) is 20.3 Å². The summed E-state index contributed by atoms with van der Waals surface area (Å²) in [6, 6.07) is 2.02. The van der Waals surface area contributed by atoms with Gasteiger partial charge in [0.2, 0.25) is 0 Å². The van der Waals surface area contributed by atoms with Gasteiger partial charge in [-0.1, -0.05) is 0 Å². The van der Waals surface area contributed by atoms with E-state index in [0.717, 1.165) is 9.35 Å². The van der Waals surface area contributed by atoms with Gasteiger partial charge in [0.1, 0.15) is 6.10 Å². The van der Waals surface area contributed by atoms with Crippen molar-refractivity contribution >= 4 is 27.3 Å². The molecular weight excluding hydrogens is 266 g/mol. The Hall–Kier alpha value is 0.0600. The number of aryl methyl sites for hydroxylation is 1. The Bertz CT molecular complexity index is 271. The number of aliphatic hydroxyl groups is 1. The molecule has 0 amide bonds. The van der Waals surface area contributed by atoms with Crippen molar-refractivity contribution in [3.8, 4) is 0 Å². The molecule has 1 atom stereocenters. The van der Waals surface area contributed by atoms with E-state index >= 15 is 0 Å². The Morgan fingerprint density at radius 2 is 2.43 bits per heavy atom. The van der Waals surface area contributed by atoms with Crippen LogP contribution in [0.2, 0.25) is 0 Å². The predicted molar refractivity (Wildman–Crippen MR) is 61.6 cm³/mol. The second-order valence-electron chi connectivity index (χ2n) is 2.87. The van der Waals surface area contributed by atoms with Crippen molar-refractivity contribution in [1.29, 1.82) is 0 Å². The zero-order chi connectivity index (χ0) is 10.6. The molecule has 5 heteroatoms. The van der Waals surface area contributed by atoms with Gasteiger partial charge in [-0.05, 0) is 28.9 Å². The summed E-state index contributed by atoms with van der Waals surface area (Å²) in [5.74, 6) is 0. The maximum absolute atomic E-state index is 8.65. The van der Waals surface area contributed by atoms with Crippen molar-refractivity contribution < 1.29 is 9.84 Å². The van der Waals surface area contributed by atoms with Crippen LogP contribution < -0.4 is 5.73 Å². The molecule has 0 bridgehead atoms. The minimum Gasteiger partial charge on any atom is -0.394 e. The first-order valence-electron chi connectivity index (χ1n) is 4.37. The van der Waals surface area contributed by atoms with Gasteiger partial charge in [-0.3, -0.25) is 0 Å². The number of aliphatic hydroxyl groups excluding tert-OH is 1. The Morgan fingerprint density at radius 1 is 1.71 bits per heavy atom. The van der Waals surface area contributed by atoms with Gasteiger partial charge < -0.3 is 15.6 Å². The van der Waals surface area contributed by atoms with E-state index < -0.39 is 0 Å². The molecule has 14 heavy (non-hydrogen) atoms. The van der Waals surface area contributed by atoms with Gasteiger partial charge in [0, 0.05) is 20.8 Å². The molecule has 0 spiro atoms. The van der Waals surface area contributed by atoms with Gasteiger partial charge in [-0.15, -0.1) is 11.3 Å². The molecule has 0 aliphatic heterocycles. The molecule has 0 radical (unpaired) electrons. The van der Waals surface area contributed by atoms with Gasteiger partial charge in [0.05, 0.1) is 13.2 Å². The third-order valence-corrected chi connectivity index (χ3v) is 4.05. The lowest BCUT2D eigenvalue weighted by atomic mass is 10.3. The van der Waals surface area contributed by atoms with E-state index in [9.17, 15) is 0 Å². The maximum Gasteiger partial charge on any atom is 0.104 e. The Kier molecular flexibility index (Phi) is 5.05. The lowest BCUT2D eigenvalue weighted by Gasteiger charge is -2.12. The van der Waals surface area contributed by atoms with E-state index in [1.807, 2.05) is 13.0 Å². The molecule has 1 aromatic heterocycles. The quantitative estimate of drug-likeness (QED) is 0.865. The Morgan fingerprint density at radius 3 is 2.86 bits per heavy atom. The van der Waals surface area contributed by atoms with Gasteiger partial charge >= 0.3 is 0 Å². The Labute approximate surface area is 96.0 Å². The third-order valence-electron chi connectivity index (χ3n) is 1.82. The molecule has 0 aliphatic rings. The first kappa shape index (κ1) is 12.1. The first-order chi connectivity index (χ1) is 6.69. The molecule has 0 aromatic carbocycles. The van der Waals surface area contributed by atoms with Crippen LogP contribution in [0.5, 0.6) is 0 Å². The molecular formula is C9H14BrNO2S. The van der Waals surface area contributed by atoms with Gasteiger partial charge in [-0.2, -0.15) is 0 Å². The minimum absolute atomic E-state index is 0.0298. The molecule has 1 aromatic rings. The largest absolute Gasteiger partial charge is 0.394 e. The van der Waals surface area contributed by atoms with Crippen LogP contribution in [0.3, 0.4) is 0 Å². The average molecular weight is 280 g/mol. The number of thiophene rings is 1. The third kappa shape index (κ3) is 3.03. The standard InChI is InChI=1S/C9H14BrNO2S/c1-6-7(10)4-9(14-6)8(5-11)13-3-2-12/h4,8,12H,2-3,5,11H2,1H3. The molecule has 0 saturated heterocycles. The van der Waals surface area contributed by atoms with Crippen LogP contribution in [0.15, 0.2) is 10.5 Å². The molecule has 80 valence electrons. The molecule has 1 heterocycles. The minimum atomic E-state index is -0.0999. The highest BCUT2D eigenvalue weighted by molar-refractivity contribution is 9.10. The monoisotopic (exact) mass is 279 g/mol. The molecule has 3 N–H and O–H groups in total. The molecule has 0 saturated carbocycles. The van der Waals surface area contributed by atoms with E-state index in [4.69, 9.17) is 15.6 Å². The van der Waals surface area contributed by atoms with E-state index in [0.29, 0.717) is 13.2 Å². The lowest BCUT2D eigenvalue weighted by molar-refractivity contribution is 0.0348. The van der Waals surface area contributed by atoms with E-state index in [-0.39, 0.29) is 12.7 Å². The molecule has 0 fully saturated rings. The average Bonchev–Trinajstić information content (AvgIpc) is 2.48. The van der Waals surface area contributed by atoms with E-state index in [1.165, 1.54) is 4.88 Å². The zero-order valence-corrected chi connectivity index (χ0v) is 10.4. The summed E-state index contributed by atoms with van der Waals surface area (Å²) < 4.78 is 6.50. The van der Waals surface area contributed by atoms with Crippen LogP contribution in [-0.2, 0) is 4.74 Å². The highest BCUT2D eigenvalue weighted by Crippen LogP contribution is 2.31. The van der Waals surface area contributed by atoms with Crippen LogP contribution in [0, 0.1) is 6.92 Å². The van der Waals surface area contributed by atoms with Crippen molar-refractivity contribution in [1.82, 2.24) is 0 Å². The number of rotatable bonds is 5. The normalized spacial score (nSPS) is 13.1. The van der Waals surface area contributed by atoms with Gasteiger partial charge in [0.15, 0.2) is 0 Å². The number of nitrogens with two attached hydrogens (primary N) is 1. The fourth-order valence-corrected chi connectivity index (χ4v) is 2.72. The maximum atomic E-state index is 8.65. The zero-order valence-electron chi connectivity index (χ0n) is 8.00. The van der Waals surface area contributed by atoms with Gasteiger partial charge in [0.25, 0.3) is 0 Å². The van der Waals surface area contributed by atoms with Crippen LogP contribution >= 0.6 is 27.3 Å². The summed E-state index contributed by atoms with van der Waals surface area (Å²) in [6.07, 6.45) is -0.0999. The molecule has 0 aliphatic carbocycles.